The van der Waals surface area contributed by atoms with Gasteiger partial charge >= 0.3 is 0 Å². The molecule has 3 rings (SSSR count). The highest BCUT2D eigenvalue weighted by Gasteiger charge is 2.53. The van der Waals surface area contributed by atoms with E-state index in [1.54, 1.807) is 0 Å². The Morgan fingerprint density at radius 1 is 0.441 bits per heavy atom. The summed E-state index contributed by atoms with van der Waals surface area (Å²) in [6, 6.07) is 0. The van der Waals surface area contributed by atoms with E-state index in [2.05, 4.69) is 0 Å². The molecule has 3 fully saturated rings. The van der Waals surface area contributed by atoms with Crippen molar-refractivity contribution >= 4 is 0 Å². The lowest BCUT2D eigenvalue weighted by atomic mass is 9.96. The molecule has 0 amide bonds. The Kier molecular flexibility index (Phi) is 9.54. The molecule has 3 heterocycles. The zero-order valence-corrected chi connectivity index (χ0v) is 17.7. The third-order valence-corrected chi connectivity index (χ3v) is 6.10. The Hall–Kier alpha value is -0.640. The Balaban J connectivity index is 1.83. The van der Waals surface area contributed by atoms with Crippen molar-refractivity contribution in [3.05, 3.63) is 0 Å². The Morgan fingerprint density at radius 2 is 0.824 bits per heavy atom. The van der Waals surface area contributed by atoms with Gasteiger partial charge in [-0.05, 0) is 0 Å². The van der Waals surface area contributed by atoms with Gasteiger partial charge in [0.25, 0.3) is 0 Å². The molecule has 34 heavy (non-hydrogen) atoms. The Labute approximate surface area is 192 Å². The first-order valence-electron chi connectivity index (χ1n) is 10.6. The summed E-state index contributed by atoms with van der Waals surface area (Å²) in [4.78, 5) is 0. The smallest absolute Gasteiger partial charge is 0.187 e. The average molecular weight is 504 g/mol. The predicted molar refractivity (Wildman–Crippen MR) is 101 cm³/mol. The molecular formula is C18H32O16. The second-order valence-electron chi connectivity index (χ2n) is 8.33. The second-order valence-corrected chi connectivity index (χ2v) is 8.33. The maximum atomic E-state index is 10.6. The lowest BCUT2D eigenvalue weighted by Gasteiger charge is -2.48. The van der Waals surface area contributed by atoms with Crippen molar-refractivity contribution in [1.29, 1.82) is 0 Å². The van der Waals surface area contributed by atoms with E-state index in [1.165, 1.54) is 0 Å². The van der Waals surface area contributed by atoms with Crippen LogP contribution in [0.2, 0.25) is 0 Å². The van der Waals surface area contributed by atoms with Crippen LogP contribution in [0.1, 0.15) is 0 Å². The minimum atomic E-state index is -1.94. The van der Waals surface area contributed by atoms with E-state index in [0.29, 0.717) is 0 Å². The molecule has 0 radical (unpaired) electrons. The lowest BCUT2D eigenvalue weighted by molar-refractivity contribution is -0.387. The van der Waals surface area contributed by atoms with Crippen molar-refractivity contribution in [2.75, 3.05) is 19.8 Å². The summed E-state index contributed by atoms with van der Waals surface area (Å²) < 4.78 is 26.5. The maximum absolute atomic E-state index is 10.6. The number of hydrogen-bond donors (Lipinski definition) is 11. The summed E-state index contributed by atoms with van der Waals surface area (Å²) in [5.74, 6) is 0. The van der Waals surface area contributed by atoms with Crippen LogP contribution >= 0.6 is 0 Å². The number of aliphatic hydroxyl groups excluding tert-OH is 11. The van der Waals surface area contributed by atoms with E-state index >= 15 is 0 Å². The first-order valence-corrected chi connectivity index (χ1v) is 10.6. The number of rotatable bonds is 7. The molecule has 16 nitrogen and oxygen atoms in total. The highest BCUT2D eigenvalue weighted by atomic mass is 16.8. The topological polar surface area (TPSA) is 269 Å². The zero-order chi connectivity index (χ0) is 25.3. The molecule has 200 valence electrons. The molecule has 0 bridgehead atoms. The molecule has 0 aromatic heterocycles. The van der Waals surface area contributed by atoms with Crippen LogP contribution in [0.4, 0.5) is 0 Å². The molecule has 3 saturated heterocycles. The molecule has 11 N–H and O–H groups in total. The van der Waals surface area contributed by atoms with Crippen molar-refractivity contribution < 1.29 is 79.9 Å². The number of aliphatic hydroxyl groups is 11. The fraction of sp³-hybridized carbons (Fsp3) is 1.00. The summed E-state index contributed by atoms with van der Waals surface area (Å²) in [6.07, 6.45) is -25.6. The van der Waals surface area contributed by atoms with E-state index in [9.17, 15) is 56.2 Å². The van der Waals surface area contributed by atoms with Gasteiger partial charge in [0.2, 0.25) is 0 Å². The van der Waals surface area contributed by atoms with Gasteiger partial charge in [0.1, 0.15) is 73.2 Å². The minimum absolute atomic E-state index is 0.769. The van der Waals surface area contributed by atoms with Crippen LogP contribution in [0.15, 0.2) is 0 Å². The van der Waals surface area contributed by atoms with Gasteiger partial charge in [0.05, 0.1) is 19.8 Å². The summed E-state index contributed by atoms with van der Waals surface area (Å²) >= 11 is 0. The fourth-order valence-electron chi connectivity index (χ4n) is 4.03. The van der Waals surface area contributed by atoms with Crippen LogP contribution in [0, 0.1) is 0 Å². The van der Waals surface area contributed by atoms with Crippen molar-refractivity contribution in [2.45, 2.75) is 92.1 Å². The monoisotopic (exact) mass is 504 g/mol. The van der Waals surface area contributed by atoms with Crippen LogP contribution < -0.4 is 0 Å². The van der Waals surface area contributed by atoms with Crippen LogP contribution in [-0.2, 0) is 23.7 Å². The molecule has 0 spiro atoms. The van der Waals surface area contributed by atoms with Gasteiger partial charge in [-0.2, -0.15) is 0 Å². The van der Waals surface area contributed by atoms with Gasteiger partial charge in [-0.25, -0.2) is 0 Å². The van der Waals surface area contributed by atoms with Crippen LogP contribution in [0.25, 0.3) is 0 Å². The molecule has 3 aliphatic rings. The molecule has 0 unspecified atom stereocenters. The highest BCUT2D eigenvalue weighted by Crippen LogP contribution is 2.32. The van der Waals surface area contributed by atoms with Gasteiger partial charge in [0.15, 0.2) is 18.9 Å². The summed E-state index contributed by atoms with van der Waals surface area (Å²) in [5.41, 5.74) is 0. The Bertz CT molecular complexity index is 637. The van der Waals surface area contributed by atoms with Crippen molar-refractivity contribution in [3.63, 3.8) is 0 Å². The molecule has 0 aromatic carbocycles. The minimum Gasteiger partial charge on any atom is -0.394 e. The van der Waals surface area contributed by atoms with Crippen molar-refractivity contribution in [1.82, 2.24) is 0 Å². The van der Waals surface area contributed by atoms with Gasteiger partial charge in [-0.3, -0.25) is 0 Å². The summed E-state index contributed by atoms with van der Waals surface area (Å²) in [6.45, 7) is -2.33. The first kappa shape index (κ1) is 27.9. The van der Waals surface area contributed by atoms with Gasteiger partial charge < -0.3 is 79.9 Å². The number of ether oxygens (including phenoxy) is 5. The third-order valence-electron chi connectivity index (χ3n) is 6.10. The zero-order valence-electron chi connectivity index (χ0n) is 17.7. The molecule has 3 aliphatic heterocycles. The average Bonchev–Trinajstić information content (AvgIpc) is 2.83. The first-order chi connectivity index (χ1) is 16.0. The quantitative estimate of drug-likeness (QED) is 0.154. The standard InChI is InChI=1S/C18H32O16/c19-1-4-7(22)10(25)12(27)17(31-4)33-14-9(24)6(3-21)30-16(29)15(14)34-18-13(28)11(26)8(23)5(2-20)32-18/h4-29H,1-3H2/t4-,5-,6-,7-,8+,9-,10+,11+,12-,13-,14+,15-,16-,17+,18+/m1/s1. The lowest BCUT2D eigenvalue weighted by Crippen LogP contribution is -2.67. The van der Waals surface area contributed by atoms with Crippen LogP contribution in [0.3, 0.4) is 0 Å². The second kappa shape index (κ2) is 11.6. The highest BCUT2D eigenvalue weighted by molar-refractivity contribution is 4.96. The molecule has 0 aliphatic carbocycles. The van der Waals surface area contributed by atoms with E-state index in [0.717, 1.165) is 0 Å². The third kappa shape index (κ3) is 5.37. The molecule has 15 atom stereocenters. The summed E-state index contributed by atoms with van der Waals surface area (Å²) in [5, 5.41) is 109. The van der Waals surface area contributed by atoms with E-state index in [-0.39, 0.29) is 0 Å². The van der Waals surface area contributed by atoms with E-state index in [1.807, 2.05) is 0 Å². The van der Waals surface area contributed by atoms with Crippen LogP contribution in [0.5, 0.6) is 0 Å². The van der Waals surface area contributed by atoms with Gasteiger partial charge in [0, 0.05) is 0 Å². The number of hydrogen-bond acceptors (Lipinski definition) is 16. The van der Waals surface area contributed by atoms with Gasteiger partial charge in [-0.1, -0.05) is 0 Å². The fourth-order valence-corrected chi connectivity index (χ4v) is 4.03. The molecule has 16 heteroatoms. The van der Waals surface area contributed by atoms with Crippen LogP contribution in [-0.4, -0.2) is 168 Å². The molecule has 0 aromatic rings. The predicted octanol–water partition coefficient (Wildman–Crippen LogP) is -7.57. The van der Waals surface area contributed by atoms with Crippen molar-refractivity contribution in [2.24, 2.45) is 0 Å². The maximum Gasteiger partial charge on any atom is 0.187 e. The SMILES string of the molecule is OC[C@H]1O[C@@H](O[C@@H]2[C@@H](O[C@@H]3O[C@H](CO)[C@@H](O)[C@H](O)[C@H]3O)[C@H](O)[C@@H](CO)O[C@H]2O)[C@H](O)[C@@H](O)[C@H]1O. The van der Waals surface area contributed by atoms with E-state index < -0.39 is 112 Å². The van der Waals surface area contributed by atoms with E-state index in [4.69, 9.17) is 23.7 Å². The van der Waals surface area contributed by atoms with Crippen molar-refractivity contribution in [3.8, 4) is 0 Å². The normalized spacial score (nSPS) is 52.5. The molecule has 0 saturated carbocycles. The summed E-state index contributed by atoms with van der Waals surface area (Å²) in [7, 11) is 0. The largest absolute Gasteiger partial charge is 0.394 e. The Morgan fingerprint density at radius 3 is 1.24 bits per heavy atom. The van der Waals surface area contributed by atoms with Gasteiger partial charge in [-0.15, -0.1) is 0 Å². The molecular weight excluding hydrogens is 472 g/mol.